The second kappa shape index (κ2) is 10.9. The van der Waals surface area contributed by atoms with E-state index in [0.29, 0.717) is 11.4 Å². The largest absolute Gasteiger partial charge is 0.457 e. The SMILES string of the molecule is CC.CC.Nc1cccc(Oc2ccc(CO)cc2)c1. The van der Waals surface area contributed by atoms with Gasteiger partial charge in [-0.1, -0.05) is 45.9 Å². The van der Waals surface area contributed by atoms with Crippen LogP contribution in [0.15, 0.2) is 48.5 Å². The fourth-order valence-electron chi connectivity index (χ4n) is 1.38. The summed E-state index contributed by atoms with van der Waals surface area (Å²) in [5.41, 5.74) is 7.18. The van der Waals surface area contributed by atoms with Crippen molar-refractivity contribution in [2.24, 2.45) is 0 Å². The van der Waals surface area contributed by atoms with Gasteiger partial charge < -0.3 is 15.6 Å². The van der Waals surface area contributed by atoms with Crippen molar-refractivity contribution in [2.75, 3.05) is 5.73 Å². The van der Waals surface area contributed by atoms with Gasteiger partial charge in [0.1, 0.15) is 11.5 Å². The average molecular weight is 275 g/mol. The summed E-state index contributed by atoms with van der Waals surface area (Å²) >= 11 is 0. The molecule has 3 N–H and O–H groups in total. The molecule has 2 aromatic rings. The molecule has 3 nitrogen and oxygen atoms in total. The van der Waals surface area contributed by atoms with Crippen LogP contribution in [0.4, 0.5) is 5.69 Å². The molecule has 2 aromatic carbocycles. The second-order valence-electron chi connectivity index (χ2n) is 3.48. The number of nitrogen functional groups attached to an aromatic ring is 1. The molecule has 0 heterocycles. The molecule has 0 saturated heterocycles. The minimum absolute atomic E-state index is 0.0402. The van der Waals surface area contributed by atoms with E-state index in [1.165, 1.54) is 0 Å². The van der Waals surface area contributed by atoms with Gasteiger partial charge in [0.25, 0.3) is 0 Å². The first-order valence-corrected chi connectivity index (χ1v) is 7.01. The number of aliphatic hydroxyl groups excluding tert-OH is 1. The Morgan fingerprint density at radius 2 is 1.50 bits per heavy atom. The van der Waals surface area contributed by atoms with Gasteiger partial charge in [0.15, 0.2) is 0 Å². The maximum absolute atomic E-state index is 8.90. The topological polar surface area (TPSA) is 55.5 Å². The molecule has 20 heavy (non-hydrogen) atoms. The molecule has 0 fully saturated rings. The molecule has 0 amide bonds. The molecule has 3 heteroatoms. The highest BCUT2D eigenvalue weighted by Gasteiger charge is 1.97. The van der Waals surface area contributed by atoms with E-state index in [9.17, 15) is 0 Å². The molecule has 0 aliphatic heterocycles. The van der Waals surface area contributed by atoms with E-state index in [0.717, 1.165) is 11.3 Å². The zero-order valence-electron chi connectivity index (χ0n) is 12.8. The lowest BCUT2D eigenvalue weighted by Crippen LogP contribution is -1.88. The van der Waals surface area contributed by atoms with E-state index in [1.807, 2.05) is 70.2 Å². The fourth-order valence-corrected chi connectivity index (χ4v) is 1.38. The minimum atomic E-state index is 0.0402. The molecule has 0 aliphatic rings. The maximum Gasteiger partial charge on any atom is 0.129 e. The third kappa shape index (κ3) is 6.25. The number of benzene rings is 2. The van der Waals surface area contributed by atoms with Gasteiger partial charge in [0.05, 0.1) is 6.61 Å². The van der Waals surface area contributed by atoms with Gasteiger partial charge in [-0.25, -0.2) is 0 Å². The van der Waals surface area contributed by atoms with Crippen molar-refractivity contribution in [3.63, 3.8) is 0 Å². The zero-order valence-corrected chi connectivity index (χ0v) is 12.8. The molecule has 0 unspecified atom stereocenters. The number of aliphatic hydroxyl groups is 1. The van der Waals surface area contributed by atoms with E-state index < -0.39 is 0 Å². The van der Waals surface area contributed by atoms with Gasteiger partial charge in [0, 0.05) is 11.8 Å². The second-order valence-corrected chi connectivity index (χ2v) is 3.48. The summed E-state index contributed by atoms with van der Waals surface area (Å²) in [5.74, 6) is 1.43. The van der Waals surface area contributed by atoms with E-state index in [4.69, 9.17) is 15.6 Å². The van der Waals surface area contributed by atoms with Crippen LogP contribution in [0.5, 0.6) is 11.5 Å². The first-order valence-electron chi connectivity index (χ1n) is 7.01. The van der Waals surface area contributed by atoms with Crippen LogP contribution in [0, 0.1) is 0 Å². The highest BCUT2D eigenvalue weighted by Crippen LogP contribution is 2.23. The summed E-state index contributed by atoms with van der Waals surface area (Å²) in [4.78, 5) is 0. The zero-order chi connectivity index (χ0) is 15.4. The molecule has 0 spiro atoms. The fraction of sp³-hybridized carbons (Fsp3) is 0.294. The average Bonchev–Trinajstić information content (AvgIpc) is 2.52. The Morgan fingerprint density at radius 3 is 2.00 bits per heavy atom. The summed E-state index contributed by atoms with van der Waals surface area (Å²) in [6.07, 6.45) is 0. The number of hydrogen-bond acceptors (Lipinski definition) is 3. The van der Waals surface area contributed by atoms with Gasteiger partial charge in [0.2, 0.25) is 0 Å². The summed E-state index contributed by atoms with van der Waals surface area (Å²) < 4.78 is 5.60. The molecular formula is C17H25NO2. The third-order valence-electron chi connectivity index (χ3n) is 2.20. The number of hydrogen-bond donors (Lipinski definition) is 2. The van der Waals surface area contributed by atoms with Crippen molar-refractivity contribution in [1.29, 1.82) is 0 Å². The van der Waals surface area contributed by atoms with Crippen LogP contribution < -0.4 is 10.5 Å². The first kappa shape index (κ1) is 18.0. The lowest BCUT2D eigenvalue weighted by Gasteiger charge is -2.06. The van der Waals surface area contributed by atoms with Crippen LogP contribution in [-0.2, 0) is 6.61 Å². The van der Waals surface area contributed by atoms with Crippen molar-refractivity contribution >= 4 is 5.69 Å². The molecule has 0 bridgehead atoms. The summed E-state index contributed by atoms with van der Waals surface area (Å²) in [7, 11) is 0. The standard InChI is InChI=1S/C13H13NO2.2C2H6/c14-11-2-1-3-13(8-11)16-12-6-4-10(9-15)5-7-12;2*1-2/h1-8,15H,9,14H2;2*1-2H3. The van der Waals surface area contributed by atoms with Crippen LogP contribution in [-0.4, -0.2) is 5.11 Å². The summed E-state index contributed by atoms with van der Waals surface area (Å²) in [6, 6.07) is 14.5. The minimum Gasteiger partial charge on any atom is -0.457 e. The molecule has 0 atom stereocenters. The number of nitrogens with two attached hydrogens (primary N) is 1. The van der Waals surface area contributed by atoms with Crippen LogP contribution in [0.25, 0.3) is 0 Å². The lowest BCUT2D eigenvalue weighted by atomic mass is 10.2. The van der Waals surface area contributed by atoms with Gasteiger partial charge in [-0.15, -0.1) is 0 Å². The predicted octanol–water partition coefficient (Wildman–Crippen LogP) is 4.61. The molecule has 0 saturated carbocycles. The summed E-state index contributed by atoms with van der Waals surface area (Å²) in [5, 5.41) is 8.90. The Balaban J connectivity index is 0.000000829. The van der Waals surface area contributed by atoms with E-state index in [-0.39, 0.29) is 6.61 Å². The van der Waals surface area contributed by atoms with E-state index in [1.54, 1.807) is 6.07 Å². The van der Waals surface area contributed by atoms with Crippen molar-refractivity contribution in [3.05, 3.63) is 54.1 Å². The Morgan fingerprint density at radius 1 is 0.900 bits per heavy atom. The van der Waals surface area contributed by atoms with Crippen molar-refractivity contribution in [1.82, 2.24) is 0 Å². The molecule has 0 aliphatic carbocycles. The highest BCUT2D eigenvalue weighted by atomic mass is 16.5. The van der Waals surface area contributed by atoms with E-state index >= 15 is 0 Å². The highest BCUT2D eigenvalue weighted by molar-refractivity contribution is 5.45. The number of anilines is 1. The normalized spacial score (nSPS) is 8.65. The van der Waals surface area contributed by atoms with Gasteiger partial charge >= 0.3 is 0 Å². The van der Waals surface area contributed by atoms with Crippen molar-refractivity contribution in [2.45, 2.75) is 34.3 Å². The monoisotopic (exact) mass is 275 g/mol. The molecule has 0 radical (unpaired) electrons. The Labute approximate surface area is 122 Å². The van der Waals surface area contributed by atoms with Gasteiger partial charge in [-0.05, 0) is 29.8 Å². The van der Waals surface area contributed by atoms with Crippen molar-refractivity contribution in [3.8, 4) is 11.5 Å². The molecule has 2 rings (SSSR count). The van der Waals surface area contributed by atoms with Crippen LogP contribution in [0.3, 0.4) is 0 Å². The Kier molecular flexibility index (Phi) is 9.79. The Hall–Kier alpha value is -2.00. The van der Waals surface area contributed by atoms with Gasteiger partial charge in [-0.2, -0.15) is 0 Å². The first-order chi connectivity index (χ1) is 9.78. The van der Waals surface area contributed by atoms with Crippen LogP contribution >= 0.6 is 0 Å². The van der Waals surface area contributed by atoms with E-state index in [2.05, 4.69) is 0 Å². The predicted molar refractivity (Wildman–Crippen MR) is 86.0 cm³/mol. The molecule has 0 aromatic heterocycles. The maximum atomic E-state index is 8.90. The lowest BCUT2D eigenvalue weighted by molar-refractivity contribution is 0.281. The van der Waals surface area contributed by atoms with Crippen LogP contribution in [0.1, 0.15) is 33.3 Å². The number of rotatable bonds is 3. The summed E-state index contributed by atoms with van der Waals surface area (Å²) in [6.45, 7) is 8.04. The third-order valence-corrected chi connectivity index (χ3v) is 2.20. The Bertz CT molecular complexity index is 467. The number of ether oxygens (including phenoxy) is 1. The smallest absolute Gasteiger partial charge is 0.129 e. The van der Waals surface area contributed by atoms with Crippen molar-refractivity contribution < 1.29 is 9.84 Å². The quantitative estimate of drug-likeness (QED) is 0.804. The van der Waals surface area contributed by atoms with Crippen LogP contribution in [0.2, 0.25) is 0 Å². The molecule has 110 valence electrons. The van der Waals surface area contributed by atoms with Gasteiger partial charge in [-0.3, -0.25) is 0 Å². The molecular weight excluding hydrogens is 250 g/mol.